The molecule has 1 aromatic carbocycles. The molecule has 1 aliphatic rings. The van der Waals surface area contributed by atoms with Crippen LogP contribution < -0.4 is 5.32 Å². The second-order valence-electron chi connectivity index (χ2n) is 6.41. The molecule has 1 heterocycles. The van der Waals surface area contributed by atoms with Gasteiger partial charge in [-0.05, 0) is 30.5 Å². The number of halogens is 1. The lowest BCUT2D eigenvalue weighted by Crippen LogP contribution is -2.33. The SMILES string of the molecule is Cn1cnnc1[C@H]1C[C@H](CNC(=O)Cc2cccc(Cl)c2)[C@H](O)C1. The first-order chi connectivity index (χ1) is 11.5. The van der Waals surface area contributed by atoms with E-state index in [2.05, 4.69) is 15.5 Å². The smallest absolute Gasteiger partial charge is 0.224 e. The summed E-state index contributed by atoms with van der Waals surface area (Å²) in [7, 11) is 1.90. The van der Waals surface area contributed by atoms with Gasteiger partial charge in [-0.2, -0.15) is 0 Å². The molecule has 1 fully saturated rings. The molecule has 7 heteroatoms. The minimum absolute atomic E-state index is 0.0370. The third kappa shape index (κ3) is 3.94. The molecule has 0 radical (unpaired) electrons. The third-order valence-corrected chi connectivity index (χ3v) is 4.82. The molecule has 1 aliphatic carbocycles. The summed E-state index contributed by atoms with van der Waals surface area (Å²) in [5.74, 6) is 1.05. The minimum Gasteiger partial charge on any atom is -0.393 e. The van der Waals surface area contributed by atoms with Crippen molar-refractivity contribution in [2.24, 2.45) is 13.0 Å². The molecule has 1 saturated carbocycles. The van der Waals surface area contributed by atoms with Crippen molar-refractivity contribution in [3.8, 4) is 0 Å². The summed E-state index contributed by atoms with van der Waals surface area (Å²) in [6, 6.07) is 7.28. The summed E-state index contributed by atoms with van der Waals surface area (Å²) in [4.78, 5) is 12.1. The summed E-state index contributed by atoms with van der Waals surface area (Å²) < 4.78 is 1.89. The van der Waals surface area contributed by atoms with Crippen molar-refractivity contribution < 1.29 is 9.90 Å². The maximum atomic E-state index is 12.1. The van der Waals surface area contributed by atoms with E-state index in [1.807, 2.05) is 23.7 Å². The average Bonchev–Trinajstić information content (AvgIpc) is 3.11. The second kappa shape index (κ2) is 7.32. The number of hydrogen-bond acceptors (Lipinski definition) is 4. The number of amides is 1. The Morgan fingerprint density at radius 2 is 2.29 bits per heavy atom. The number of aliphatic hydroxyl groups excluding tert-OH is 1. The zero-order valence-corrected chi connectivity index (χ0v) is 14.3. The predicted molar refractivity (Wildman–Crippen MR) is 90.6 cm³/mol. The second-order valence-corrected chi connectivity index (χ2v) is 6.84. The standard InChI is InChI=1S/C17H21ClN4O2/c1-22-10-20-21-17(22)12-7-13(15(23)8-12)9-19-16(24)6-11-3-2-4-14(18)5-11/h2-5,10,12-13,15,23H,6-9H2,1H3,(H,19,24)/t12-,13+,15+/m0/s1. The Bertz CT molecular complexity index is 718. The zero-order valence-electron chi connectivity index (χ0n) is 13.5. The maximum absolute atomic E-state index is 12.1. The molecule has 2 aromatic rings. The van der Waals surface area contributed by atoms with Crippen molar-refractivity contribution in [1.29, 1.82) is 0 Å². The van der Waals surface area contributed by atoms with Crippen LogP contribution in [0.15, 0.2) is 30.6 Å². The maximum Gasteiger partial charge on any atom is 0.224 e. The number of aryl methyl sites for hydroxylation is 1. The Morgan fingerprint density at radius 3 is 3.00 bits per heavy atom. The Labute approximate surface area is 145 Å². The Balaban J connectivity index is 1.51. The Morgan fingerprint density at radius 1 is 1.46 bits per heavy atom. The van der Waals surface area contributed by atoms with Crippen LogP contribution in [0.25, 0.3) is 0 Å². The van der Waals surface area contributed by atoms with Crippen LogP contribution in [0.3, 0.4) is 0 Å². The highest BCUT2D eigenvalue weighted by molar-refractivity contribution is 6.30. The number of carbonyl (C=O) groups is 1. The van der Waals surface area contributed by atoms with Crippen molar-refractivity contribution >= 4 is 17.5 Å². The Kier molecular flexibility index (Phi) is 5.16. The monoisotopic (exact) mass is 348 g/mol. The van der Waals surface area contributed by atoms with Gasteiger partial charge in [-0.1, -0.05) is 23.7 Å². The van der Waals surface area contributed by atoms with Gasteiger partial charge in [0, 0.05) is 30.5 Å². The topological polar surface area (TPSA) is 80.0 Å². The fraction of sp³-hybridized carbons (Fsp3) is 0.471. The number of hydrogen-bond donors (Lipinski definition) is 2. The minimum atomic E-state index is -0.432. The first kappa shape index (κ1) is 16.9. The summed E-state index contributed by atoms with van der Waals surface area (Å²) >= 11 is 5.93. The molecular weight excluding hydrogens is 328 g/mol. The van der Waals surface area contributed by atoms with Gasteiger partial charge in [0.25, 0.3) is 0 Å². The molecule has 0 bridgehead atoms. The van der Waals surface area contributed by atoms with Crippen molar-refractivity contribution in [3.05, 3.63) is 47.0 Å². The fourth-order valence-electron chi connectivity index (χ4n) is 3.33. The summed E-state index contributed by atoms with van der Waals surface area (Å²) in [5, 5.41) is 21.8. The molecule has 2 N–H and O–H groups in total. The van der Waals surface area contributed by atoms with E-state index in [0.717, 1.165) is 17.8 Å². The largest absolute Gasteiger partial charge is 0.393 e. The van der Waals surface area contributed by atoms with Gasteiger partial charge in [-0.15, -0.1) is 10.2 Å². The molecule has 3 rings (SSSR count). The molecule has 0 unspecified atom stereocenters. The average molecular weight is 349 g/mol. The summed E-state index contributed by atoms with van der Waals surface area (Å²) in [5.41, 5.74) is 0.879. The van der Waals surface area contributed by atoms with Crippen LogP contribution in [-0.2, 0) is 18.3 Å². The van der Waals surface area contributed by atoms with E-state index in [1.54, 1.807) is 18.5 Å². The number of rotatable bonds is 5. The molecule has 0 spiro atoms. The van der Waals surface area contributed by atoms with E-state index in [1.165, 1.54) is 0 Å². The van der Waals surface area contributed by atoms with Gasteiger partial charge in [0.1, 0.15) is 12.2 Å². The number of carbonyl (C=O) groups excluding carboxylic acids is 1. The highest BCUT2D eigenvalue weighted by Crippen LogP contribution is 2.37. The van der Waals surface area contributed by atoms with Crippen molar-refractivity contribution in [2.75, 3.05) is 6.54 Å². The lowest BCUT2D eigenvalue weighted by Gasteiger charge is -2.15. The van der Waals surface area contributed by atoms with Crippen LogP contribution in [-0.4, -0.2) is 38.4 Å². The van der Waals surface area contributed by atoms with Crippen molar-refractivity contribution in [1.82, 2.24) is 20.1 Å². The van der Waals surface area contributed by atoms with Crippen LogP contribution in [0.5, 0.6) is 0 Å². The van der Waals surface area contributed by atoms with Gasteiger partial charge in [-0.3, -0.25) is 4.79 Å². The molecular formula is C17H21ClN4O2. The zero-order chi connectivity index (χ0) is 17.1. The third-order valence-electron chi connectivity index (χ3n) is 4.58. The van der Waals surface area contributed by atoms with Gasteiger partial charge < -0.3 is 15.0 Å². The van der Waals surface area contributed by atoms with Crippen LogP contribution in [0, 0.1) is 5.92 Å². The molecule has 3 atom stereocenters. The lowest BCUT2D eigenvalue weighted by molar-refractivity contribution is -0.120. The highest BCUT2D eigenvalue weighted by Gasteiger charge is 2.35. The van der Waals surface area contributed by atoms with Crippen LogP contribution in [0.1, 0.15) is 30.1 Å². The predicted octanol–water partition coefficient (Wildman–Crippen LogP) is 1.68. The Hall–Kier alpha value is -1.92. The van der Waals surface area contributed by atoms with Gasteiger partial charge in [0.05, 0.1) is 12.5 Å². The summed E-state index contributed by atoms with van der Waals surface area (Å²) in [6.07, 6.45) is 2.97. The molecule has 0 saturated heterocycles. The van der Waals surface area contributed by atoms with Gasteiger partial charge in [0.15, 0.2) is 0 Å². The molecule has 128 valence electrons. The number of nitrogens with zero attached hydrogens (tertiary/aromatic N) is 3. The molecule has 1 aromatic heterocycles. The van der Waals surface area contributed by atoms with Crippen LogP contribution in [0.4, 0.5) is 0 Å². The first-order valence-electron chi connectivity index (χ1n) is 8.06. The van der Waals surface area contributed by atoms with E-state index in [0.29, 0.717) is 18.0 Å². The van der Waals surface area contributed by atoms with E-state index in [-0.39, 0.29) is 24.2 Å². The van der Waals surface area contributed by atoms with Crippen LogP contribution in [0.2, 0.25) is 5.02 Å². The molecule has 6 nitrogen and oxygen atoms in total. The fourth-order valence-corrected chi connectivity index (χ4v) is 3.55. The number of benzene rings is 1. The van der Waals surface area contributed by atoms with Gasteiger partial charge >= 0.3 is 0 Å². The number of aromatic nitrogens is 3. The quantitative estimate of drug-likeness (QED) is 0.861. The first-order valence-corrected chi connectivity index (χ1v) is 8.44. The molecule has 1 amide bonds. The normalized spacial score (nSPS) is 23.4. The summed E-state index contributed by atoms with van der Waals surface area (Å²) in [6.45, 7) is 0.467. The lowest BCUT2D eigenvalue weighted by atomic mass is 10.0. The highest BCUT2D eigenvalue weighted by atomic mass is 35.5. The molecule has 24 heavy (non-hydrogen) atoms. The number of nitrogens with one attached hydrogen (secondary N) is 1. The van der Waals surface area contributed by atoms with Crippen LogP contribution >= 0.6 is 11.6 Å². The van der Waals surface area contributed by atoms with E-state index in [4.69, 9.17) is 11.6 Å². The van der Waals surface area contributed by atoms with E-state index >= 15 is 0 Å². The van der Waals surface area contributed by atoms with Gasteiger partial charge in [-0.25, -0.2) is 0 Å². The van der Waals surface area contributed by atoms with Crippen molar-refractivity contribution in [3.63, 3.8) is 0 Å². The van der Waals surface area contributed by atoms with E-state index in [9.17, 15) is 9.90 Å². The van der Waals surface area contributed by atoms with E-state index < -0.39 is 6.10 Å². The van der Waals surface area contributed by atoms with Gasteiger partial charge in [0.2, 0.25) is 5.91 Å². The number of aliphatic hydroxyl groups is 1. The van der Waals surface area contributed by atoms with Crippen molar-refractivity contribution in [2.45, 2.75) is 31.3 Å². The molecule has 0 aliphatic heterocycles.